The summed E-state index contributed by atoms with van der Waals surface area (Å²) in [5.74, 6) is -0.0159. The first-order chi connectivity index (χ1) is 13.3. The quantitative estimate of drug-likeness (QED) is 0.698. The molecule has 2 aromatic carbocycles. The highest BCUT2D eigenvalue weighted by atomic mass is 32.2. The SMILES string of the molecule is CSc1ccc(S(=O)(=O)N(C)c2ccc(C(=O)N3CCN(C)CC3)cc2)cc1. The number of sulfonamides is 1. The summed E-state index contributed by atoms with van der Waals surface area (Å²) in [6.07, 6.45) is 1.95. The standard InChI is InChI=1S/C20H25N3O3S2/c1-21-12-14-23(15-13-21)20(24)16-4-6-17(7-5-16)22(2)28(25,26)19-10-8-18(27-3)9-11-19/h4-11H,12-15H2,1-3H3. The molecule has 0 spiro atoms. The molecule has 1 saturated heterocycles. The summed E-state index contributed by atoms with van der Waals surface area (Å²) in [5.41, 5.74) is 1.09. The number of hydrogen-bond acceptors (Lipinski definition) is 5. The van der Waals surface area contributed by atoms with Crippen molar-refractivity contribution in [3.63, 3.8) is 0 Å². The van der Waals surface area contributed by atoms with Crippen LogP contribution in [-0.4, -0.2) is 70.7 Å². The van der Waals surface area contributed by atoms with Crippen LogP contribution in [0.4, 0.5) is 5.69 Å². The average molecular weight is 420 g/mol. The van der Waals surface area contributed by atoms with Gasteiger partial charge in [-0.05, 0) is 61.8 Å². The molecule has 0 aliphatic carbocycles. The van der Waals surface area contributed by atoms with Gasteiger partial charge < -0.3 is 9.80 Å². The van der Waals surface area contributed by atoms with Crippen molar-refractivity contribution < 1.29 is 13.2 Å². The molecule has 0 atom stereocenters. The van der Waals surface area contributed by atoms with Gasteiger partial charge in [0.25, 0.3) is 15.9 Å². The molecule has 1 aliphatic heterocycles. The van der Waals surface area contributed by atoms with Crippen LogP contribution < -0.4 is 4.31 Å². The van der Waals surface area contributed by atoms with Crippen molar-refractivity contribution in [2.45, 2.75) is 9.79 Å². The largest absolute Gasteiger partial charge is 0.336 e. The van der Waals surface area contributed by atoms with Crippen LogP contribution in [0, 0.1) is 0 Å². The summed E-state index contributed by atoms with van der Waals surface area (Å²) in [6, 6.07) is 13.6. The first kappa shape index (κ1) is 20.7. The molecule has 8 heteroatoms. The maximum Gasteiger partial charge on any atom is 0.264 e. The van der Waals surface area contributed by atoms with E-state index in [1.54, 1.807) is 60.3 Å². The van der Waals surface area contributed by atoms with Crippen molar-refractivity contribution in [1.29, 1.82) is 0 Å². The van der Waals surface area contributed by atoms with E-state index in [0.29, 0.717) is 24.3 Å². The minimum absolute atomic E-state index is 0.0159. The number of rotatable bonds is 5. The van der Waals surface area contributed by atoms with Gasteiger partial charge in [0, 0.05) is 43.7 Å². The number of nitrogens with zero attached hydrogens (tertiary/aromatic N) is 3. The van der Waals surface area contributed by atoms with E-state index in [1.807, 2.05) is 18.2 Å². The van der Waals surface area contributed by atoms with Crippen LogP contribution in [0.3, 0.4) is 0 Å². The van der Waals surface area contributed by atoms with Crippen LogP contribution in [0.2, 0.25) is 0 Å². The topological polar surface area (TPSA) is 60.9 Å². The number of carbonyl (C=O) groups is 1. The lowest BCUT2D eigenvalue weighted by Gasteiger charge is -2.32. The van der Waals surface area contributed by atoms with E-state index in [2.05, 4.69) is 4.90 Å². The fourth-order valence-electron chi connectivity index (χ4n) is 3.05. The fourth-order valence-corrected chi connectivity index (χ4v) is 4.65. The minimum Gasteiger partial charge on any atom is -0.336 e. The van der Waals surface area contributed by atoms with Crippen LogP contribution in [0.25, 0.3) is 0 Å². The maximum absolute atomic E-state index is 12.9. The lowest BCUT2D eigenvalue weighted by molar-refractivity contribution is 0.0664. The van der Waals surface area contributed by atoms with Gasteiger partial charge in [0.15, 0.2) is 0 Å². The monoisotopic (exact) mass is 419 g/mol. The molecule has 6 nitrogen and oxygen atoms in total. The van der Waals surface area contributed by atoms with Crippen LogP contribution in [0.5, 0.6) is 0 Å². The predicted molar refractivity (Wildman–Crippen MR) is 114 cm³/mol. The first-order valence-corrected chi connectivity index (χ1v) is 11.7. The van der Waals surface area contributed by atoms with E-state index in [-0.39, 0.29) is 10.8 Å². The summed E-state index contributed by atoms with van der Waals surface area (Å²) in [6.45, 7) is 3.13. The number of piperazine rings is 1. The number of carbonyl (C=O) groups excluding carboxylic acids is 1. The molecule has 2 aromatic rings. The van der Waals surface area contributed by atoms with Gasteiger partial charge in [-0.2, -0.15) is 0 Å². The lowest BCUT2D eigenvalue weighted by Crippen LogP contribution is -2.47. The third kappa shape index (κ3) is 4.34. The van der Waals surface area contributed by atoms with E-state index < -0.39 is 10.0 Å². The van der Waals surface area contributed by atoms with Crippen LogP contribution >= 0.6 is 11.8 Å². The van der Waals surface area contributed by atoms with Gasteiger partial charge >= 0.3 is 0 Å². The molecule has 0 N–H and O–H groups in total. The molecule has 28 heavy (non-hydrogen) atoms. The fraction of sp³-hybridized carbons (Fsp3) is 0.350. The zero-order valence-electron chi connectivity index (χ0n) is 16.3. The Morgan fingerprint density at radius 2 is 1.54 bits per heavy atom. The van der Waals surface area contributed by atoms with Gasteiger partial charge in [-0.25, -0.2) is 8.42 Å². The van der Waals surface area contributed by atoms with Crippen LogP contribution in [0.1, 0.15) is 10.4 Å². The summed E-state index contributed by atoms with van der Waals surface area (Å²) in [5, 5.41) is 0. The highest BCUT2D eigenvalue weighted by Gasteiger charge is 2.23. The molecule has 3 rings (SSSR count). The van der Waals surface area contributed by atoms with Crippen molar-refractivity contribution in [1.82, 2.24) is 9.80 Å². The molecule has 1 heterocycles. The van der Waals surface area contributed by atoms with Gasteiger partial charge in [0.1, 0.15) is 0 Å². The normalized spacial score (nSPS) is 15.5. The Labute approximate surface area is 171 Å². The summed E-state index contributed by atoms with van der Waals surface area (Å²) in [4.78, 5) is 17.9. The maximum atomic E-state index is 12.9. The van der Waals surface area contributed by atoms with E-state index in [1.165, 1.54) is 11.4 Å². The molecule has 1 aliphatic rings. The van der Waals surface area contributed by atoms with Gasteiger partial charge in [0.05, 0.1) is 10.6 Å². The van der Waals surface area contributed by atoms with Gasteiger partial charge in [0.2, 0.25) is 0 Å². The van der Waals surface area contributed by atoms with Crippen LogP contribution in [0.15, 0.2) is 58.3 Å². The molecule has 0 unspecified atom stereocenters. The molecule has 1 amide bonds. The molecule has 0 saturated carbocycles. The molecular formula is C20H25N3O3S2. The Hall–Kier alpha value is -2.03. The highest BCUT2D eigenvalue weighted by molar-refractivity contribution is 7.98. The third-order valence-electron chi connectivity index (χ3n) is 4.99. The molecular weight excluding hydrogens is 394 g/mol. The molecule has 0 radical (unpaired) electrons. The second-order valence-electron chi connectivity index (χ2n) is 6.79. The number of benzene rings is 2. The van der Waals surface area contributed by atoms with Crippen molar-refractivity contribution in [3.05, 3.63) is 54.1 Å². The van der Waals surface area contributed by atoms with E-state index in [0.717, 1.165) is 18.0 Å². The van der Waals surface area contributed by atoms with Crippen molar-refractivity contribution in [2.24, 2.45) is 0 Å². The van der Waals surface area contributed by atoms with Crippen LogP contribution in [-0.2, 0) is 10.0 Å². The van der Waals surface area contributed by atoms with E-state index in [4.69, 9.17) is 0 Å². The third-order valence-corrected chi connectivity index (χ3v) is 7.53. The number of amides is 1. The Morgan fingerprint density at radius 3 is 2.07 bits per heavy atom. The minimum atomic E-state index is -3.65. The van der Waals surface area contributed by atoms with Crippen molar-refractivity contribution in [3.8, 4) is 0 Å². The zero-order valence-corrected chi connectivity index (χ0v) is 18.0. The lowest BCUT2D eigenvalue weighted by atomic mass is 10.1. The highest BCUT2D eigenvalue weighted by Crippen LogP contribution is 2.24. The zero-order chi connectivity index (χ0) is 20.3. The van der Waals surface area contributed by atoms with Crippen molar-refractivity contribution in [2.75, 3.05) is 50.8 Å². The second-order valence-corrected chi connectivity index (χ2v) is 9.64. The summed E-state index contributed by atoms with van der Waals surface area (Å²) < 4.78 is 27.0. The van der Waals surface area contributed by atoms with Gasteiger partial charge in [-0.3, -0.25) is 9.10 Å². The second kappa shape index (κ2) is 8.55. The number of hydrogen-bond donors (Lipinski definition) is 0. The van der Waals surface area contributed by atoms with Gasteiger partial charge in [-0.1, -0.05) is 0 Å². The van der Waals surface area contributed by atoms with Crippen molar-refractivity contribution >= 4 is 33.4 Å². The van der Waals surface area contributed by atoms with E-state index >= 15 is 0 Å². The Morgan fingerprint density at radius 1 is 0.964 bits per heavy atom. The summed E-state index contributed by atoms with van der Waals surface area (Å²) >= 11 is 1.56. The number of thioether (sulfide) groups is 1. The molecule has 0 aromatic heterocycles. The molecule has 1 fully saturated rings. The first-order valence-electron chi connectivity index (χ1n) is 9.04. The smallest absolute Gasteiger partial charge is 0.264 e. The number of anilines is 1. The number of likely N-dealkylation sites (N-methyl/N-ethyl adjacent to an activating group) is 1. The molecule has 0 bridgehead atoms. The Kier molecular flexibility index (Phi) is 6.32. The van der Waals surface area contributed by atoms with E-state index in [9.17, 15) is 13.2 Å². The Balaban J connectivity index is 1.75. The Bertz CT molecular complexity index is 920. The summed E-state index contributed by atoms with van der Waals surface area (Å²) in [7, 11) is -0.0874. The molecule has 150 valence electrons. The van der Waals surface area contributed by atoms with Gasteiger partial charge in [-0.15, -0.1) is 11.8 Å². The predicted octanol–water partition coefficient (Wildman–Crippen LogP) is 2.62. The average Bonchev–Trinajstić information content (AvgIpc) is 2.73.